The third-order valence-electron chi connectivity index (χ3n) is 3.90. The van der Waals surface area contributed by atoms with Crippen LogP contribution in [0.25, 0.3) is 0 Å². The average molecular weight is 426 g/mol. The molecular formula is C19H25Cl2N5O2. The molecule has 0 amide bonds. The van der Waals surface area contributed by atoms with Gasteiger partial charge in [-0.15, -0.1) is 5.11 Å². The van der Waals surface area contributed by atoms with Crippen molar-refractivity contribution in [1.82, 2.24) is 5.32 Å². The molecule has 0 atom stereocenters. The third kappa shape index (κ3) is 8.31. The molecule has 2 aromatic rings. The molecule has 0 bridgehead atoms. The molecule has 2 rings (SSSR count). The normalized spacial score (nSPS) is 11.4. The molecule has 0 saturated carbocycles. The lowest BCUT2D eigenvalue weighted by molar-refractivity contribution is -0.869. The van der Waals surface area contributed by atoms with E-state index in [1.54, 1.807) is 0 Å². The van der Waals surface area contributed by atoms with E-state index in [0.717, 1.165) is 30.5 Å². The van der Waals surface area contributed by atoms with Crippen molar-refractivity contribution in [1.29, 1.82) is 0 Å². The van der Waals surface area contributed by atoms with E-state index in [-0.39, 0.29) is 23.1 Å². The Morgan fingerprint density at radius 1 is 1.07 bits per heavy atom. The van der Waals surface area contributed by atoms with Crippen LogP contribution < -0.4 is 17.7 Å². The fraction of sp³-hybridized carbons (Fsp3) is 0.368. The first kappa shape index (κ1) is 24.0. The fourth-order valence-electron chi connectivity index (χ4n) is 2.30. The number of nitro benzene ring substituents is 1. The lowest BCUT2D eigenvalue weighted by atomic mass is 10.1. The number of halogens is 2. The minimum Gasteiger partial charge on any atom is -1.00 e. The van der Waals surface area contributed by atoms with Crippen molar-refractivity contribution in [3.63, 3.8) is 0 Å². The van der Waals surface area contributed by atoms with Crippen molar-refractivity contribution in [2.75, 3.05) is 40.8 Å². The van der Waals surface area contributed by atoms with Gasteiger partial charge < -0.3 is 22.2 Å². The first-order valence-corrected chi connectivity index (χ1v) is 9.08. The number of quaternary nitrogens is 1. The van der Waals surface area contributed by atoms with Crippen LogP contribution in [0.2, 0.25) is 5.02 Å². The van der Waals surface area contributed by atoms with E-state index >= 15 is 0 Å². The summed E-state index contributed by atoms with van der Waals surface area (Å²) in [6.45, 7) is 3.01. The standard InChI is InChI=1S/C19H25ClN5O2.ClH/c1-25(2,3)13-12-21-11-10-15-4-6-16(7-5-15)22-23-19-9-8-17(24(26)27)14-18(19)20;/h4-9,14,21H,10-13H2,1-3H3;1H/q+1;/p-1. The molecule has 0 spiro atoms. The second-order valence-electron chi connectivity index (χ2n) is 7.27. The summed E-state index contributed by atoms with van der Waals surface area (Å²) in [5, 5.41) is 22.6. The molecule has 7 nitrogen and oxygen atoms in total. The van der Waals surface area contributed by atoms with Crippen molar-refractivity contribution in [2.45, 2.75) is 6.42 Å². The Bertz CT molecular complexity index is 805. The highest BCUT2D eigenvalue weighted by Crippen LogP contribution is 2.30. The predicted octanol–water partition coefficient (Wildman–Crippen LogP) is 1.51. The average Bonchev–Trinajstić information content (AvgIpc) is 2.60. The maximum absolute atomic E-state index is 10.7. The first-order chi connectivity index (χ1) is 12.7. The van der Waals surface area contributed by atoms with E-state index in [9.17, 15) is 10.1 Å². The van der Waals surface area contributed by atoms with Gasteiger partial charge in [0.1, 0.15) is 5.69 Å². The van der Waals surface area contributed by atoms with Crippen LogP contribution in [0.1, 0.15) is 5.56 Å². The molecule has 9 heteroatoms. The van der Waals surface area contributed by atoms with Gasteiger partial charge in [0, 0.05) is 18.7 Å². The molecule has 0 unspecified atom stereocenters. The number of nitro groups is 1. The highest BCUT2D eigenvalue weighted by Gasteiger charge is 2.09. The maximum atomic E-state index is 10.7. The van der Waals surface area contributed by atoms with Crippen LogP contribution in [0.5, 0.6) is 0 Å². The van der Waals surface area contributed by atoms with Gasteiger partial charge in [-0.3, -0.25) is 10.1 Å². The van der Waals surface area contributed by atoms with E-state index in [0.29, 0.717) is 11.4 Å². The highest BCUT2D eigenvalue weighted by molar-refractivity contribution is 6.33. The van der Waals surface area contributed by atoms with Gasteiger partial charge in [0.05, 0.1) is 43.3 Å². The fourth-order valence-corrected chi connectivity index (χ4v) is 2.52. The summed E-state index contributed by atoms with van der Waals surface area (Å²) in [5.41, 5.74) is 2.25. The van der Waals surface area contributed by atoms with Crippen molar-refractivity contribution >= 4 is 28.7 Å². The Hall–Kier alpha value is -2.06. The van der Waals surface area contributed by atoms with Crippen LogP contribution in [-0.4, -0.2) is 50.2 Å². The molecule has 0 heterocycles. The summed E-state index contributed by atoms with van der Waals surface area (Å²) < 4.78 is 0.950. The second kappa shape index (κ2) is 11.1. The number of nitrogens with zero attached hydrogens (tertiary/aromatic N) is 4. The zero-order valence-electron chi connectivity index (χ0n) is 16.2. The van der Waals surface area contributed by atoms with Crippen LogP contribution in [0, 0.1) is 10.1 Å². The first-order valence-electron chi connectivity index (χ1n) is 8.70. The van der Waals surface area contributed by atoms with Crippen LogP contribution in [0.4, 0.5) is 17.1 Å². The van der Waals surface area contributed by atoms with Crippen molar-refractivity contribution in [3.8, 4) is 0 Å². The topological polar surface area (TPSA) is 79.9 Å². The summed E-state index contributed by atoms with van der Waals surface area (Å²) in [7, 11) is 6.54. The molecular weight excluding hydrogens is 401 g/mol. The summed E-state index contributed by atoms with van der Waals surface area (Å²) in [4.78, 5) is 10.2. The number of rotatable bonds is 9. The molecule has 28 heavy (non-hydrogen) atoms. The quantitative estimate of drug-likeness (QED) is 0.217. The van der Waals surface area contributed by atoms with Crippen LogP contribution in [0.3, 0.4) is 0 Å². The minimum absolute atomic E-state index is 0. The molecule has 0 aliphatic heterocycles. The molecule has 152 valence electrons. The number of likely N-dealkylation sites (N-methyl/N-ethyl adjacent to an activating group) is 1. The van der Waals surface area contributed by atoms with Crippen LogP contribution in [0.15, 0.2) is 52.7 Å². The number of benzene rings is 2. The van der Waals surface area contributed by atoms with Crippen molar-refractivity contribution in [3.05, 3.63) is 63.2 Å². The molecule has 0 radical (unpaired) electrons. The summed E-state index contributed by atoms with van der Waals surface area (Å²) in [6.07, 6.45) is 0.947. The van der Waals surface area contributed by atoms with E-state index in [4.69, 9.17) is 11.6 Å². The lowest BCUT2D eigenvalue weighted by Gasteiger charge is -2.23. The molecule has 2 aromatic carbocycles. The molecule has 0 aliphatic rings. The summed E-state index contributed by atoms with van der Waals surface area (Å²) in [5.74, 6) is 0. The maximum Gasteiger partial charge on any atom is 0.271 e. The van der Waals surface area contributed by atoms with Gasteiger partial charge >= 0.3 is 0 Å². The molecule has 0 saturated heterocycles. The van der Waals surface area contributed by atoms with Crippen molar-refractivity contribution in [2.24, 2.45) is 10.2 Å². The Morgan fingerprint density at radius 2 is 1.75 bits per heavy atom. The number of hydrogen-bond acceptors (Lipinski definition) is 5. The van der Waals surface area contributed by atoms with Gasteiger partial charge in [0.15, 0.2) is 0 Å². The molecule has 0 aromatic heterocycles. The number of non-ortho nitro benzene ring substituents is 1. The van der Waals surface area contributed by atoms with E-state index < -0.39 is 4.92 Å². The van der Waals surface area contributed by atoms with Crippen LogP contribution in [-0.2, 0) is 6.42 Å². The zero-order chi connectivity index (χ0) is 19.9. The SMILES string of the molecule is C[N+](C)(C)CCNCCc1ccc(N=Nc2ccc([N+](=O)[O-])cc2Cl)cc1.[Cl-]. The van der Waals surface area contributed by atoms with E-state index in [1.165, 1.54) is 23.8 Å². The minimum atomic E-state index is -0.497. The molecule has 1 N–H and O–H groups in total. The van der Waals surface area contributed by atoms with Crippen LogP contribution >= 0.6 is 11.6 Å². The van der Waals surface area contributed by atoms with Gasteiger partial charge in [0.2, 0.25) is 0 Å². The largest absolute Gasteiger partial charge is 1.00 e. The van der Waals surface area contributed by atoms with Gasteiger partial charge in [0.25, 0.3) is 5.69 Å². The third-order valence-corrected chi connectivity index (χ3v) is 4.20. The second-order valence-corrected chi connectivity index (χ2v) is 7.68. The summed E-state index contributed by atoms with van der Waals surface area (Å²) in [6, 6.07) is 11.9. The molecule has 0 fully saturated rings. The Kier molecular flexibility index (Phi) is 9.48. The van der Waals surface area contributed by atoms with E-state index in [1.807, 2.05) is 24.3 Å². The number of hydrogen-bond donors (Lipinski definition) is 1. The zero-order valence-corrected chi connectivity index (χ0v) is 17.7. The Labute approximate surface area is 176 Å². The van der Waals surface area contributed by atoms with Gasteiger partial charge in [-0.25, -0.2) is 0 Å². The van der Waals surface area contributed by atoms with Gasteiger partial charge in [-0.2, -0.15) is 5.11 Å². The monoisotopic (exact) mass is 425 g/mol. The number of azo groups is 1. The van der Waals surface area contributed by atoms with Gasteiger partial charge in [-0.1, -0.05) is 23.7 Å². The van der Waals surface area contributed by atoms with E-state index in [2.05, 4.69) is 36.7 Å². The highest BCUT2D eigenvalue weighted by atomic mass is 35.5. The predicted molar refractivity (Wildman–Crippen MR) is 108 cm³/mol. The van der Waals surface area contributed by atoms with Gasteiger partial charge in [-0.05, 0) is 36.7 Å². The number of nitrogens with one attached hydrogen (secondary N) is 1. The Balaban J connectivity index is 0.00000392. The Morgan fingerprint density at radius 3 is 2.32 bits per heavy atom. The van der Waals surface area contributed by atoms with Crippen molar-refractivity contribution < 1.29 is 21.8 Å². The summed E-state index contributed by atoms with van der Waals surface area (Å²) >= 11 is 6.01. The smallest absolute Gasteiger partial charge is 0.271 e. The lowest BCUT2D eigenvalue weighted by Crippen LogP contribution is -3.00. The molecule has 0 aliphatic carbocycles.